The Labute approximate surface area is 144 Å². The van der Waals surface area contributed by atoms with Crippen molar-refractivity contribution in [2.75, 3.05) is 19.0 Å². The SMILES string of the molecule is CCn1c(SCC(=O)c2ccc3c(c2)OCCO3)nnc1C1CC1. The van der Waals surface area contributed by atoms with Crippen LogP contribution in [0.25, 0.3) is 0 Å². The third kappa shape index (κ3) is 3.00. The summed E-state index contributed by atoms with van der Waals surface area (Å²) in [4.78, 5) is 12.5. The summed E-state index contributed by atoms with van der Waals surface area (Å²) in [5.74, 6) is 3.35. The Morgan fingerprint density at radius 2 is 2.04 bits per heavy atom. The molecule has 4 rings (SSSR count). The molecule has 2 heterocycles. The highest BCUT2D eigenvalue weighted by Gasteiger charge is 2.30. The smallest absolute Gasteiger partial charge is 0.191 e. The van der Waals surface area contributed by atoms with E-state index in [0.717, 1.165) is 17.5 Å². The molecule has 2 aromatic rings. The summed E-state index contributed by atoms with van der Waals surface area (Å²) >= 11 is 1.45. The maximum atomic E-state index is 12.5. The van der Waals surface area contributed by atoms with Crippen LogP contribution in [-0.2, 0) is 6.54 Å². The lowest BCUT2D eigenvalue weighted by atomic mass is 10.1. The number of ketones is 1. The topological polar surface area (TPSA) is 66.2 Å². The van der Waals surface area contributed by atoms with E-state index in [1.54, 1.807) is 18.2 Å². The zero-order valence-electron chi connectivity index (χ0n) is 13.5. The van der Waals surface area contributed by atoms with Crippen LogP contribution in [0.2, 0.25) is 0 Å². The highest BCUT2D eigenvalue weighted by molar-refractivity contribution is 7.99. The molecule has 2 aliphatic rings. The minimum absolute atomic E-state index is 0.0515. The van der Waals surface area contributed by atoms with Crippen LogP contribution in [0.5, 0.6) is 11.5 Å². The monoisotopic (exact) mass is 345 g/mol. The molecule has 1 fully saturated rings. The second kappa shape index (κ2) is 6.47. The van der Waals surface area contributed by atoms with Gasteiger partial charge in [0.15, 0.2) is 22.4 Å². The normalized spacial score (nSPS) is 16.2. The van der Waals surface area contributed by atoms with E-state index in [-0.39, 0.29) is 5.78 Å². The minimum atomic E-state index is 0.0515. The molecule has 0 saturated heterocycles. The molecule has 1 aliphatic carbocycles. The van der Waals surface area contributed by atoms with Gasteiger partial charge in [-0.2, -0.15) is 0 Å². The standard InChI is InChI=1S/C17H19N3O3S/c1-2-20-16(11-3-4-11)18-19-17(20)24-10-13(21)12-5-6-14-15(9-12)23-8-7-22-14/h5-6,9,11H,2-4,7-8,10H2,1H3. The van der Waals surface area contributed by atoms with E-state index in [2.05, 4.69) is 21.7 Å². The number of Topliss-reactive ketones (excluding diaryl/α,β-unsaturated/α-hetero) is 1. The van der Waals surface area contributed by atoms with E-state index < -0.39 is 0 Å². The molecular weight excluding hydrogens is 326 g/mol. The van der Waals surface area contributed by atoms with E-state index >= 15 is 0 Å². The molecule has 126 valence electrons. The molecule has 1 aromatic carbocycles. The second-order valence-electron chi connectivity index (χ2n) is 5.93. The van der Waals surface area contributed by atoms with Crippen LogP contribution in [-0.4, -0.2) is 39.5 Å². The lowest BCUT2D eigenvalue weighted by Crippen LogP contribution is -2.16. The quantitative estimate of drug-likeness (QED) is 0.592. The summed E-state index contributed by atoms with van der Waals surface area (Å²) in [6.07, 6.45) is 2.39. The summed E-state index contributed by atoms with van der Waals surface area (Å²) in [5.41, 5.74) is 0.636. The highest BCUT2D eigenvalue weighted by atomic mass is 32.2. The first kappa shape index (κ1) is 15.5. The van der Waals surface area contributed by atoms with Gasteiger partial charge in [-0.3, -0.25) is 4.79 Å². The number of thioether (sulfide) groups is 1. The highest BCUT2D eigenvalue weighted by Crippen LogP contribution is 2.40. The van der Waals surface area contributed by atoms with Crippen molar-refractivity contribution in [1.29, 1.82) is 0 Å². The van der Waals surface area contributed by atoms with Crippen LogP contribution >= 0.6 is 11.8 Å². The van der Waals surface area contributed by atoms with Gasteiger partial charge in [0, 0.05) is 18.0 Å². The average molecular weight is 345 g/mol. The maximum Gasteiger partial charge on any atom is 0.191 e. The van der Waals surface area contributed by atoms with Gasteiger partial charge in [0.1, 0.15) is 19.0 Å². The van der Waals surface area contributed by atoms with E-state index in [9.17, 15) is 4.79 Å². The van der Waals surface area contributed by atoms with Crippen LogP contribution in [0, 0.1) is 0 Å². The van der Waals surface area contributed by atoms with Crippen molar-refractivity contribution in [1.82, 2.24) is 14.8 Å². The van der Waals surface area contributed by atoms with Crippen molar-refractivity contribution in [3.63, 3.8) is 0 Å². The van der Waals surface area contributed by atoms with Crippen LogP contribution < -0.4 is 9.47 Å². The Morgan fingerprint density at radius 3 is 2.79 bits per heavy atom. The maximum absolute atomic E-state index is 12.5. The number of nitrogens with zero attached hydrogens (tertiary/aromatic N) is 3. The summed E-state index contributed by atoms with van der Waals surface area (Å²) in [7, 11) is 0. The van der Waals surface area contributed by atoms with Crippen molar-refractivity contribution < 1.29 is 14.3 Å². The van der Waals surface area contributed by atoms with Gasteiger partial charge in [-0.1, -0.05) is 11.8 Å². The number of carbonyl (C=O) groups excluding carboxylic acids is 1. The lowest BCUT2D eigenvalue weighted by Gasteiger charge is -2.18. The molecule has 1 saturated carbocycles. The Bertz CT molecular complexity index is 770. The molecule has 0 N–H and O–H groups in total. The number of carbonyl (C=O) groups is 1. The Morgan fingerprint density at radius 1 is 1.25 bits per heavy atom. The van der Waals surface area contributed by atoms with Gasteiger partial charge in [0.25, 0.3) is 0 Å². The summed E-state index contributed by atoms with van der Waals surface area (Å²) < 4.78 is 13.1. The Kier molecular flexibility index (Phi) is 4.18. The molecule has 1 aliphatic heterocycles. The Hall–Kier alpha value is -2.02. The van der Waals surface area contributed by atoms with Crippen molar-refractivity contribution >= 4 is 17.5 Å². The van der Waals surface area contributed by atoms with E-state index in [1.165, 1.54) is 24.6 Å². The summed E-state index contributed by atoms with van der Waals surface area (Å²) in [6, 6.07) is 5.35. The number of ether oxygens (including phenoxy) is 2. The molecule has 0 bridgehead atoms. The summed E-state index contributed by atoms with van der Waals surface area (Å²) in [6.45, 7) is 3.98. The molecule has 0 radical (unpaired) electrons. The number of hydrogen-bond acceptors (Lipinski definition) is 6. The number of fused-ring (bicyclic) bond motifs is 1. The average Bonchev–Trinajstić information content (AvgIpc) is 3.39. The molecular formula is C17H19N3O3S. The van der Waals surface area contributed by atoms with Crippen LogP contribution in [0.1, 0.15) is 41.9 Å². The van der Waals surface area contributed by atoms with Gasteiger partial charge in [0.05, 0.1) is 5.75 Å². The largest absolute Gasteiger partial charge is 0.486 e. The third-order valence-electron chi connectivity index (χ3n) is 4.20. The van der Waals surface area contributed by atoms with Gasteiger partial charge in [-0.25, -0.2) is 0 Å². The number of aromatic nitrogens is 3. The molecule has 0 unspecified atom stereocenters. The van der Waals surface area contributed by atoms with E-state index in [0.29, 0.717) is 41.9 Å². The predicted octanol–water partition coefficient (Wildman–Crippen LogP) is 2.92. The fraction of sp³-hybridized carbons (Fsp3) is 0.471. The number of benzene rings is 1. The van der Waals surface area contributed by atoms with Crippen molar-refractivity contribution in [2.45, 2.75) is 37.4 Å². The fourth-order valence-electron chi connectivity index (χ4n) is 2.78. The zero-order valence-corrected chi connectivity index (χ0v) is 14.3. The van der Waals surface area contributed by atoms with E-state index in [4.69, 9.17) is 9.47 Å². The minimum Gasteiger partial charge on any atom is -0.486 e. The first-order chi connectivity index (χ1) is 11.8. The Balaban J connectivity index is 1.45. The van der Waals surface area contributed by atoms with Gasteiger partial charge in [-0.05, 0) is 38.0 Å². The van der Waals surface area contributed by atoms with Crippen LogP contribution in [0.4, 0.5) is 0 Å². The third-order valence-corrected chi connectivity index (χ3v) is 5.17. The molecule has 0 spiro atoms. The molecule has 6 nitrogen and oxygen atoms in total. The molecule has 0 amide bonds. The number of rotatable bonds is 6. The lowest BCUT2D eigenvalue weighted by molar-refractivity contribution is 0.102. The van der Waals surface area contributed by atoms with Crippen molar-refractivity contribution in [2.24, 2.45) is 0 Å². The van der Waals surface area contributed by atoms with E-state index in [1.807, 2.05) is 0 Å². The summed E-state index contributed by atoms with van der Waals surface area (Å²) in [5, 5.41) is 9.39. The number of hydrogen-bond donors (Lipinski definition) is 0. The molecule has 24 heavy (non-hydrogen) atoms. The molecule has 0 atom stereocenters. The van der Waals surface area contributed by atoms with Crippen LogP contribution in [0.3, 0.4) is 0 Å². The first-order valence-corrected chi connectivity index (χ1v) is 9.23. The van der Waals surface area contributed by atoms with Crippen molar-refractivity contribution in [3.05, 3.63) is 29.6 Å². The van der Waals surface area contributed by atoms with Gasteiger partial charge >= 0.3 is 0 Å². The van der Waals surface area contributed by atoms with Crippen molar-refractivity contribution in [3.8, 4) is 11.5 Å². The predicted molar refractivity (Wildman–Crippen MR) is 90.2 cm³/mol. The first-order valence-electron chi connectivity index (χ1n) is 8.25. The molecule has 7 heteroatoms. The van der Waals surface area contributed by atoms with Gasteiger partial charge in [-0.15, -0.1) is 10.2 Å². The van der Waals surface area contributed by atoms with Gasteiger partial charge < -0.3 is 14.0 Å². The zero-order chi connectivity index (χ0) is 16.5. The van der Waals surface area contributed by atoms with Gasteiger partial charge in [0.2, 0.25) is 0 Å². The fourth-order valence-corrected chi connectivity index (χ4v) is 3.68. The molecule has 1 aromatic heterocycles. The second-order valence-corrected chi connectivity index (χ2v) is 6.87. The van der Waals surface area contributed by atoms with Crippen LogP contribution in [0.15, 0.2) is 23.4 Å².